The van der Waals surface area contributed by atoms with Crippen molar-refractivity contribution in [2.24, 2.45) is 0 Å². The SMILES string of the molecule is COc1ccc(-c2cc(C(=O)O)c(C(C)NS(=O)C(C)(C)C)o2)c2ccc(C(F)(F)F)nc12. The summed E-state index contributed by atoms with van der Waals surface area (Å²) in [5, 5.41) is 9.96. The first kappa shape index (κ1) is 24.7. The zero-order valence-corrected chi connectivity index (χ0v) is 19.4. The summed E-state index contributed by atoms with van der Waals surface area (Å²) in [6.07, 6.45) is -4.65. The number of nitrogens with zero attached hydrogens (tertiary/aromatic N) is 1. The average molecular weight is 484 g/mol. The molecular weight excluding hydrogens is 461 g/mol. The molecule has 0 amide bonds. The normalized spacial score (nSPS) is 14.3. The van der Waals surface area contributed by atoms with Crippen LogP contribution in [0.25, 0.3) is 22.2 Å². The van der Waals surface area contributed by atoms with Crippen molar-refractivity contribution in [3.63, 3.8) is 0 Å². The van der Waals surface area contributed by atoms with E-state index in [1.807, 2.05) is 0 Å². The first-order valence-corrected chi connectivity index (χ1v) is 11.0. The van der Waals surface area contributed by atoms with E-state index in [9.17, 15) is 27.3 Å². The number of fused-ring (bicyclic) bond motifs is 1. The summed E-state index contributed by atoms with van der Waals surface area (Å²) in [7, 11) is -0.186. The van der Waals surface area contributed by atoms with Crippen molar-refractivity contribution < 1.29 is 36.4 Å². The van der Waals surface area contributed by atoms with E-state index in [4.69, 9.17) is 9.15 Å². The first-order valence-electron chi connectivity index (χ1n) is 9.84. The molecule has 2 N–H and O–H groups in total. The van der Waals surface area contributed by atoms with Gasteiger partial charge in [-0.3, -0.25) is 0 Å². The molecular formula is C22H23F3N2O5S. The van der Waals surface area contributed by atoms with Gasteiger partial charge in [0.1, 0.15) is 34.0 Å². The summed E-state index contributed by atoms with van der Waals surface area (Å²) in [6.45, 7) is 6.91. The van der Waals surface area contributed by atoms with Crippen LogP contribution in [0.15, 0.2) is 34.7 Å². The Kier molecular flexibility index (Phi) is 6.58. The molecule has 0 aliphatic heterocycles. The molecule has 0 saturated heterocycles. The fraction of sp³-hybridized carbons (Fsp3) is 0.364. The second-order valence-corrected chi connectivity index (χ2v) is 10.3. The van der Waals surface area contributed by atoms with Gasteiger partial charge in [-0.25, -0.2) is 18.7 Å². The lowest BCUT2D eigenvalue weighted by Gasteiger charge is -2.21. The number of benzene rings is 1. The lowest BCUT2D eigenvalue weighted by atomic mass is 10.0. The van der Waals surface area contributed by atoms with Gasteiger partial charge in [0.05, 0.1) is 28.9 Å². The molecule has 7 nitrogen and oxygen atoms in total. The molecule has 2 aromatic heterocycles. The minimum Gasteiger partial charge on any atom is -0.494 e. The van der Waals surface area contributed by atoms with Gasteiger partial charge in [0, 0.05) is 10.9 Å². The first-order chi connectivity index (χ1) is 15.2. The van der Waals surface area contributed by atoms with Crippen LogP contribution in [0.3, 0.4) is 0 Å². The second kappa shape index (κ2) is 8.79. The zero-order chi connectivity index (χ0) is 24.7. The molecule has 0 fully saturated rings. The van der Waals surface area contributed by atoms with Crippen LogP contribution in [-0.4, -0.2) is 32.1 Å². The fourth-order valence-corrected chi connectivity index (χ4v) is 3.93. The summed E-state index contributed by atoms with van der Waals surface area (Å²) in [4.78, 5) is 15.6. The maximum absolute atomic E-state index is 13.2. The number of carboxylic acids is 1. The van der Waals surface area contributed by atoms with E-state index in [-0.39, 0.29) is 28.4 Å². The van der Waals surface area contributed by atoms with E-state index in [0.717, 1.165) is 6.07 Å². The van der Waals surface area contributed by atoms with Gasteiger partial charge in [0.2, 0.25) is 0 Å². The number of halogens is 3. The third kappa shape index (κ3) is 5.03. The third-order valence-electron chi connectivity index (χ3n) is 4.82. The number of hydrogen-bond acceptors (Lipinski definition) is 5. The van der Waals surface area contributed by atoms with Gasteiger partial charge >= 0.3 is 12.1 Å². The Morgan fingerprint density at radius 3 is 2.42 bits per heavy atom. The van der Waals surface area contributed by atoms with Gasteiger partial charge in [-0.1, -0.05) is 0 Å². The van der Waals surface area contributed by atoms with Crippen LogP contribution >= 0.6 is 0 Å². The van der Waals surface area contributed by atoms with Crippen molar-refractivity contribution in [3.8, 4) is 17.1 Å². The van der Waals surface area contributed by atoms with Gasteiger partial charge in [-0.15, -0.1) is 0 Å². The molecule has 0 aliphatic rings. The monoisotopic (exact) mass is 484 g/mol. The summed E-state index contributed by atoms with van der Waals surface area (Å²) in [5.74, 6) is -0.975. The van der Waals surface area contributed by atoms with Crippen LogP contribution in [0.2, 0.25) is 0 Å². The Bertz CT molecular complexity index is 1230. The maximum Gasteiger partial charge on any atom is 0.433 e. The Hall–Kier alpha value is -2.92. The minimum atomic E-state index is -4.65. The molecule has 0 spiro atoms. The van der Waals surface area contributed by atoms with Crippen LogP contribution in [0, 0.1) is 0 Å². The van der Waals surface area contributed by atoms with Crippen molar-refractivity contribution in [1.29, 1.82) is 0 Å². The van der Waals surface area contributed by atoms with E-state index in [1.165, 1.54) is 25.3 Å². The van der Waals surface area contributed by atoms with Crippen LogP contribution in [0.4, 0.5) is 13.2 Å². The lowest BCUT2D eigenvalue weighted by Crippen LogP contribution is -2.35. The number of ether oxygens (including phenoxy) is 1. The van der Waals surface area contributed by atoms with Crippen molar-refractivity contribution in [2.75, 3.05) is 7.11 Å². The molecule has 2 heterocycles. The number of aromatic carboxylic acids is 1. The number of aromatic nitrogens is 1. The van der Waals surface area contributed by atoms with Crippen molar-refractivity contribution >= 4 is 27.9 Å². The van der Waals surface area contributed by atoms with E-state index in [1.54, 1.807) is 33.8 Å². The van der Waals surface area contributed by atoms with Crippen molar-refractivity contribution in [3.05, 3.63) is 47.3 Å². The number of carbonyl (C=O) groups is 1. The zero-order valence-electron chi connectivity index (χ0n) is 18.5. The quantitative estimate of drug-likeness (QED) is 0.490. The molecule has 0 bridgehead atoms. The van der Waals surface area contributed by atoms with E-state index in [0.29, 0.717) is 10.9 Å². The van der Waals surface area contributed by atoms with Crippen molar-refractivity contribution in [2.45, 2.75) is 44.7 Å². The molecule has 178 valence electrons. The van der Waals surface area contributed by atoms with Crippen LogP contribution < -0.4 is 9.46 Å². The van der Waals surface area contributed by atoms with Gasteiger partial charge < -0.3 is 14.3 Å². The van der Waals surface area contributed by atoms with Crippen LogP contribution in [0.1, 0.15) is 55.5 Å². The Labute approximate surface area is 190 Å². The Balaban J connectivity index is 2.15. The average Bonchev–Trinajstić information content (AvgIpc) is 3.16. The number of carboxylic acid groups (broad SMARTS) is 1. The summed E-state index contributed by atoms with van der Waals surface area (Å²) in [5.41, 5.74) is -0.941. The molecule has 0 saturated carbocycles. The summed E-state index contributed by atoms with van der Waals surface area (Å²) < 4.78 is 65.2. The van der Waals surface area contributed by atoms with Crippen LogP contribution in [-0.2, 0) is 17.2 Å². The number of furan rings is 1. The molecule has 0 aliphatic carbocycles. The Morgan fingerprint density at radius 1 is 1.21 bits per heavy atom. The maximum atomic E-state index is 13.2. The van der Waals surface area contributed by atoms with Gasteiger partial charge in [-0.05, 0) is 58.0 Å². The number of hydrogen-bond donors (Lipinski definition) is 2. The molecule has 2 atom stereocenters. The highest BCUT2D eigenvalue weighted by atomic mass is 32.2. The number of methoxy groups -OCH3 is 1. The lowest BCUT2D eigenvalue weighted by molar-refractivity contribution is -0.140. The molecule has 11 heteroatoms. The standard InChI is InChI=1S/C22H23F3N2O5S/c1-11(27-33(30)21(2,3)4)19-14(20(28)29)10-16(32-19)12-6-8-15(31-5)18-13(12)7-9-17(26-18)22(23,24)25/h6-11,27H,1-5H3,(H,28,29). The Morgan fingerprint density at radius 2 is 1.88 bits per heavy atom. The van der Waals surface area contributed by atoms with E-state index in [2.05, 4.69) is 9.71 Å². The summed E-state index contributed by atoms with van der Waals surface area (Å²) in [6, 6.07) is 5.63. The summed E-state index contributed by atoms with van der Waals surface area (Å²) >= 11 is 0. The van der Waals surface area contributed by atoms with E-state index < -0.39 is 39.6 Å². The topological polar surface area (TPSA) is 102 Å². The number of pyridine rings is 1. The molecule has 0 radical (unpaired) electrons. The van der Waals surface area contributed by atoms with E-state index >= 15 is 0 Å². The predicted molar refractivity (Wildman–Crippen MR) is 117 cm³/mol. The second-order valence-electron chi connectivity index (χ2n) is 8.32. The molecule has 3 rings (SSSR count). The largest absolute Gasteiger partial charge is 0.494 e. The number of alkyl halides is 3. The molecule has 3 aromatic rings. The highest BCUT2D eigenvalue weighted by Gasteiger charge is 2.33. The van der Waals surface area contributed by atoms with Gasteiger partial charge in [0.15, 0.2) is 0 Å². The third-order valence-corrected chi connectivity index (χ3v) is 6.50. The highest BCUT2D eigenvalue weighted by molar-refractivity contribution is 7.84. The number of rotatable bonds is 6. The van der Waals surface area contributed by atoms with Crippen LogP contribution in [0.5, 0.6) is 5.75 Å². The highest BCUT2D eigenvalue weighted by Crippen LogP contribution is 2.38. The molecule has 33 heavy (non-hydrogen) atoms. The van der Waals surface area contributed by atoms with Gasteiger partial charge in [0.25, 0.3) is 0 Å². The fourth-order valence-electron chi connectivity index (χ4n) is 3.15. The van der Waals surface area contributed by atoms with Gasteiger partial charge in [-0.2, -0.15) is 13.2 Å². The molecule has 2 unspecified atom stereocenters. The predicted octanol–water partition coefficient (Wildman–Crippen LogP) is 5.33. The minimum absolute atomic E-state index is 0.0407. The number of nitrogens with one attached hydrogen (secondary N) is 1. The smallest absolute Gasteiger partial charge is 0.433 e. The van der Waals surface area contributed by atoms with Crippen molar-refractivity contribution in [1.82, 2.24) is 9.71 Å². The molecule has 1 aromatic carbocycles.